The van der Waals surface area contributed by atoms with E-state index in [1.807, 2.05) is 54.6 Å². The second kappa shape index (κ2) is 7.09. The van der Waals surface area contributed by atoms with Gasteiger partial charge in [-0.25, -0.2) is 4.79 Å². The lowest BCUT2D eigenvalue weighted by molar-refractivity contribution is 0.143. The standard InChI is InChI=1S/C20H20N4O2/c25-18-13-24(12-16(18)10-14-6-2-1-3-7-14)20(26)21-19-11-15-8-4-5-9-17(15)22-23-19/h1-9,11,16,18,25H,10,12-13H2,(H,21,23,26)/t16-,18-/m1/s1. The van der Waals surface area contributed by atoms with Crippen LogP contribution in [0.1, 0.15) is 5.56 Å². The quantitative estimate of drug-likeness (QED) is 0.763. The summed E-state index contributed by atoms with van der Waals surface area (Å²) in [6, 6.07) is 19.2. The average molecular weight is 348 g/mol. The fourth-order valence-electron chi connectivity index (χ4n) is 3.37. The fourth-order valence-corrected chi connectivity index (χ4v) is 3.37. The van der Waals surface area contributed by atoms with Gasteiger partial charge in [0.2, 0.25) is 0 Å². The molecule has 1 aromatic heterocycles. The van der Waals surface area contributed by atoms with E-state index >= 15 is 0 Å². The van der Waals surface area contributed by atoms with E-state index < -0.39 is 6.10 Å². The molecule has 6 heteroatoms. The fraction of sp³-hybridized carbons (Fsp3) is 0.250. The molecule has 2 N–H and O–H groups in total. The van der Waals surface area contributed by atoms with Crippen LogP contribution in [-0.4, -0.2) is 45.4 Å². The number of anilines is 1. The summed E-state index contributed by atoms with van der Waals surface area (Å²) in [4.78, 5) is 14.2. The molecule has 0 aliphatic carbocycles. The van der Waals surface area contributed by atoms with Crippen molar-refractivity contribution in [2.75, 3.05) is 18.4 Å². The summed E-state index contributed by atoms with van der Waals surface area (Å²) in [5.74, 6) is 0.445. The molecule has 132 valence electrons. The average Bonchev–Trinajstić information content (AvgIpc) is 3.03. The molecule has 2 aromatic carbocycles. The lowest BCUT2D eigenvalue weighted by Gasteiger charge is -2.16. The van der Waals surface area contributed by atoms with Crippen LogP contribution in [0.2, 0.25) is 0 Å². The molecule has 6 nitrogen and oxygen atoms in total. The Morgan fingerprint density at radius 1 is 1.08 bits per heavy atom. The van der Waals surface area contributed by atoms with Gasteiger partial charge in [-0.2, -0.15) is 0 Å². The van der Waals surface area contributed by atoms with E-state index in [0.717, 1.165) is 17.3 Å². The largest absolute Gasteiger partial charge is 0.391 e. The zero-order chi connectivity index (χ0) is 17.9. The SMILES string of the molecule is O=C(Nc1cc2ccccc2nn1)N1C[C@@H](Cc2ccccc2)[C@H](O)C1. The number of fused-ring (bicyclic) bond motifs is 1. The summed E-state index contributed by atoms with van der Waals surface area (Å²) in [5, 5.41) is 22.2. The molecule has 1 aliphatic rings. The zero-order valence-electron chi connectivity index (χ0n) is 14.2. The number of amides is 2. The third kappa shape index (κ3) is 3.50. The molecule has 0 unspecified atom stereocenters. The first-order valence-electron chi connectivity index (χ1n) is 8.69. The van der Waals surface area contributed by atoms with Crippen LogP contribution in [0.4, 0.5) is 10.6 Å². The Bertz CT molecular complexity index is 916. The number of likely N-dealkylation sites (tertiary alicyclic amines) is 1. The molecule has 1 aliphatic heterocycles. The van der Waals surface area contributed by atoms with Crippen LogP contribution in [0.15, 0.2) is 60.7 Å². The van der Waals surface area contributed by atoms with Crippen molar-refractivity contribution in [2.45, 2.75) is 12.5 Å². The van der Waals surface area contributed by atoms with Gasteiger partial charge < -0.3 is 10.0 Å². The summed E-state index contributed by atoms with van der Waals surface area (Å²) in [6.45, 7) is 0.841. The predicted octanol–water partition coefficient (Wildman–Crippen LogP) is 2.70. The monoisotopic (exact) mass is 348 g/mol. The molecule has 4 rings (SSSR count). The Hall–Kier alpha value is -2.99. The Balaban J connectivity index is 1.41. The van der Waals surface area contributed by atoms with Gasteiger partial charge in [-0.15, -0.1) is 10.2 Å². The Labute approximate surface area is 151 Å². The highest BCUT2D eigenvalue weighted by Gasteiger charge is 2.34. The van der Waals surface area contributed by atoms with Gasteiger partial charge in [-0.3, -0.25) is 5.32 Å². The van der Waals surface area contributed by atoms with Crippen LogP contribution in [0.3, 0.4) is 0 Å². The van der Waals surface area contributed by atoms with Gasteiger partial charge in [0.25, 0.3) is 0 Å². The van der Waals surface area contributed by atoms with Gasteiger partial charge >= 0.3 is 6.03 Å². The van der Waals surface area contributed by atoms with Gasteiger partial charge in [0, 0.05) is 24.4 Å². The number of aliphatic hydroxyl groups is 1. The van der Waals surface area contributed by atoms with Crippen molar-refractivity contribution in [3.05, 3.63) is 66.2 Å². The van der Waals surface area contributed by atoms with Gasteiger partial charge in [-0.05, 0) is 24.1 Å². The molecule has 1 fully saturated rings. The van der Waals surface area contributed by atoms with Gasteiger partial charge in [-0.1, -0.05) is 48.5 Å². The molecule has 26 heavy (non-hydrogen) atoms. The third-order valence-corrected chi connectivity index (χ3v) is 4.76. The second-order valence-electron chi connectivity index (χ2n) is 6.64. The van der Waals surface area contributed by atoms with E-state index in [9.17, 15) is 9.90 Å². The number of hydrogen-bond donors (Lipinski definition) is 2. The Morgan fingerprint density at radius 2 is 1.85 bits per heavy atom. The number of carbonyl (C=O) groups is 1. The van der Waals surface area contributed by atoms with Crippen molar-refractivity contribution in [1.29, 1.82) is 0 Å². The van der Waals surface area contributed by atoms with Gasteiger partial charge in [0.15, 0.2) is 5.82 Å². The lowest BCUT2D eigenvalue weighted by atomic mass is 9.97. The molecule has 0 radical (unpaired) electrons. The predicted molar refractivity (Wildman–Crippen MR) is 99.8 cm³/mol. The first-order chi connectivity index (χ1) is 12.7. The molecular formula is C20H20N4O2. The van der Waals surface area contributed by atoms with Crippen LogP contribution in [0, 0.1) is 5.92 Å². The summed E-state index contributed by atoms with van der Waals surface area (Å²) in [6.07, 6.45) is 0.227. The molecule has 3 aromatic rings. The van der Waals surface area contributed by atoms with Crippen molar-refractivity contribution in [2.24, 2.45) is 5.92 Å². The smallest absolute Gasteiger partial charge is 0.323 e. The first-order valence-corrected chi connectivity index (χ1v) is 8.69. The molecule has 0 saturated carbocycles. The molecule has 2 atom stereocenters. The Morgan fingerprint density at radius 3 is 2.69 bits per heavy atom. The van der Waals surface area contributed by atoms with Crippen molar-refractivity contribution in [3.8, 4) is 0 Å². The lowest BCUT2D eigenvalue weighted by Crippen LogP contribution is -2.34. The number of aliphatic hydroxyl groups excluding tert-OH is 1. The number of rotatable bonds is 3. The van der Waals surface area contributed by atoms with Gasteiger partial charge in [0.1, 0.15) is 0 Å². The minimum atomic E-state index is -0.524. The zero-order valence-corrected chi connectivity index (χ0v) is 14.2. The third-order valence-electron chi connectivity index (χ3n) is 4.76. The van der Waals surface area contributed by atoms with Crippen LogP contribution >= 0.6 is 0 Å². The highest BCUT2D eigenvalue weighted by Crippen LogP contribution is 2.22. The summed E-state index contributed by atoms with van der Waals surface area (Å²) in [5.41, 5.74) is 1.95. The summed E-state index contributed by atoms with van der Waals surface area (Å²) < 4.78 is 0. The normalized spacial score (nSPS) is 19.7. The molecule has 0 spiro atoms. The Kier molecular flexibility index (Phi) is 4.50. The first kappa shape index (κ1) is 16.5. The highest BCUT2D eigenvalue weighted by atomic mass is 16.3. The van der Waals surface area contributed by atoms with Gasteiger partial charge in [0.05, 0.1) is 11.6 Å². The minimum absolute atomic E-state index is 0.0332. The van der Waals surface area contributed by atoms with E-state index in [2.05, 4.69) is 15.5 Å². The van der Waals surface area contributed by atoms with Crippen LogP contribution in [-0.2, 0) is 6.42 Å². The number of β-amino-alcohol motifs (C(OH)–C–C–N with tert-alkyl or cyclic N) is 1. The minimum Gasteiger partial charge on any atom is -0.391 e. The maximum absolute atomic E-state index is 12.5. The number of hydrogen-bond acceptors (Lipinski definition) is 4. The molecule has 2 heterocycles. The summed E-state index contributed by atoms with van der Waals surface area (Å²) in [7, 11) is 0. The number of nitrogens with one attached hydrogen (secondary N) is 1. The second-order valence-corrected chi connectivity index (χ2v) is 6.64. The maximum Gasteiger partial charge on any atom is 0.323 e. The maximum atomic E-state index is 12.5. The van der Waals surface area contributed by atoms with E-state index in [4.69, 9.17) is 0 Å². The molecule has 0 bridgehead atoms. The topological polar surface area (TPSA) is 78.4 Å². The molecule has 2 amide bonds. The van der Waals surface area contributed by atoms with Crippen LogP contribution < -0.4 is 5.32 Å². The number of benzene rings is 2. The van der Waals surface area contributed by atoms with Crippen molar-refractivity contribution in [3.63, 3.8) is 0 Å². The van der Waals surface area contributed by atoms with Crippen LogP contribution in [0.25, 0.3) is 10.9 Å². The number of urea groups is 1. The molecular weight excluding hydrogens is 328 g/mol. The van der Waals surface area contributed by atoms with Crippen LogP contribution in [0.5, 0.6) is 0 Å². The van der Waals surface area contributed by atoms with Crippen molar-refractivity contribution < 1.29 is 9.90 Å². The van der Waals surface area contributed by atoms with E-state index in [0.29, 0.717) is 18.9 Å². The highest BCUT2D eigenvalue weighted by molar-refractivity contribution is 5.90. The number of aromatic nitrogens is 2. The number of carbonyl (C=O) groups excluding carboxylic acids is 1. The van der Waals surface area contributed by atoms with E-state index in [1.165, 1.54) is 5.56 Å². The van der Waals surface area contributed by atoms with E-state index in [-0.39, 0.29) is 11.9 Å². The van der Waals surface area contributed by atoms with E-state index in [1.54, 1.807) is 11.0 Å². The van der Waals surface area contributed by atoms with Crippen molar-refractivity contribution >= 4 is 22.8 Å². The molecule has 1 saturated heterocycles. The van der Waals surface area contributed by atoms with Crippen molar-refractivity contribution in [1.82, 2.24) is 15.1 Å². The summed E-state index contributed by atoms with van der Waals surface area (Å²) >= 11 is 0. The number of nitrogens with zero attached hydrogens (tertiary/aromatic N) is 3.